The van der Waals surface area contributed by atoms with E-state index in [1.807, 2.05) is 25.1 Å². The van der Waals surface area contributed by atoms with Crippen LogP contribution in [-0.4, -0.2) is 23.2 Å². The summed E-state index contributed by atoms with van der Waals surface area (Å²) in [6.45, 7) is 3.34. The third-order valence-electron chi connectivity index (χ3n) is 3.21. The number of hydrogen-bond acceptors (Lipinski definition) is 5. The molecule has 1 aromatic carbocycles. The number of aromatic nitrogens is 3. The van der Waals surface area contributed by atoms with Crippen molar-refractivity contribution in [3.8, 4) is 0 Å². The fourth-order valence-corrected chi connectivity index (χ4v) is 4.66. The Balaban J connectivity index is 2.05. The van der Waals surface area contributed by atoms with E-state index in [1.54, 1.807) is 0 Å². The zero-order valence-electron chi connectivity index (χ0n) is 12.1. The molecule has 1 N–H and O–H groups in total. The Bertz CT molecular complexity index is 976. The average molecular weight is 340 g/mol. The van der Waals surface area contributed by atoms with Crippen LogP contribution in [-0.2, 0) is 17.1 Å². The van der Waals surface area contributed by atoms with E-state index in [2.05, 4.69) is 14.8 Å². The van der Waals surface area contributed by atoms with Crippen LogP contribution >= 0.6 is 11.3 Å². The van der Waals surface area contributed by atoms with Crippen molar-refractivity contribution in [2.75, 3.05) is 4.72 Å². The molecular weight excluding hydrogens is 327 g/mol. The van der Waals surface area contributed by atoms with Crippen LogP contribution in [0.25, 0.3) is 10.2 Å². The Morgan fingerprint density at radius 3 is 2.64 bits per heavy atom. The minimum absolute atomic E-state index is 0.102. The predicted molar refractivity (Wildman–Crippen MR) is 83.1 cm³/mol. The first-order valence-corrected chi connectivity index (χ1v) is 8.67. The Labute approximate surface area is 130 Å². The van der Waals surface area contributed by atoms with Crippen molar-refractivity contribution >= 4 is 36.7 Å². The highest BCUT2D eigenvalue weighted by atomic mass is 32.2. The molecule has 0 saturated carbocycles. The van der Waals surface area contributed by atoms with Gasteiger partial charge in [-0.05, 0) is 25.5 Å². The molecule has 0 aliphatic rings. The number of hydrogen-bond donors (Lipinski definition) is 1. The van der Waals surface area contributed by atoms with E-state index in [1.165, 1.54) is 25.3 Å². The maximum absolute atomic E-state index is 14.0. The number of fused-ring (bicyclic) bond motifs is 1. The van der Waals surface area contributed by atoms with Gasteiger partial charge < -0.3 is 0 Å². The minimum atomic E-state index is -4.07. The second-order valence-corrected chi connectivity index (χ2v) is 7.53. The highest BCUT2D eigenvalue weighted by Gasteiger charge is 2.27. The van der Waals surface area contributed by atoms with Crippen molar-refractivity contribution in [2.45, 2.75) is 18.7 Å². The van der Waals surface area contributed by atoms with Gasteiger partial charge in [-0.3, -0.25) is 4.72 Å². The molecule has 0 aliphatic carbocycles. The molecule has 0 unspecified atom stereocenters. The number of para-hydroxylation sites is 1. The van der Waals surface area contributed by atoms with E-state index in [-0.39, 0.29) is 10.8 Å². The molecule has 2 heterocycles. The zero-order chi connectivity index (χ0) is 16.1. The first-order chi connectivity index (χ1) is 10.3. The lowest BCUT2D eigenvalue weighted by molar-refractivity contribution is 0.483. The first-order valence-electron chi connectivity index (χ1n) is 6.37. The summed E-state index contributed by atoms with van der Waals surface area (Å²) in [4.78, 5) is 3.81. The van der Waals surface area contributed by atoms with Crippen LogP contribution in [0.4, 0.5) is 9.52 Å². The van der Waals surface area contributed by atoms with Gasteiger partial charge in [0.1, 0.15) is 0 Å². The molecule has 0 atom stereocenters. The molecule has 3 rings (SSSR count). The quantitative estimate of drug-likeness (QED) is 0.795. The Morgan fingerprint density at radius 1 is 1.32 bits per heavy atom. The summed E-state index contributed by atoms with van der Waals surface area (Å²) in [6, 6.07) is 5.62. The Kier molecular flexibility index (Phi) is 3.41. The number of thiazole rings is 1. The van der Waals surface area contributed by atoms with E-state index in [4.69, 9.17) is 0 Å². The summed E-state index contributed by atoms with van der Waals surface area (Å²) in [5, 5.41) is 3.98. The summed E-state index contributed by atoms with van der Waals surface area (Å²) in [7, 11) is -2.73. The molecule has 6 nitrogen and oxygen atoms in total. The molecule has 2 aromatic heterocycles. The molecule has 0 amide bonds. The van der Waals surface area contributed by atoms with Crippen LogP contribution in [0.1, 0.15) is 11.3 Å². The maximum atomic E-state index is 14.0. The largest absolute Gasteiger partial charge is 0.270 e. The second kappa shape index (κ2) is 5.03. The number of anilines is 1. The fourth-order valence-electron chi connectivity index (χ4n) is 2.21. The van der Waals surface area contributed by atoms with Crippen LogP contribution < -0.4 is 4.72 Å². The van der Waals surface area contributed by atoms with Crippen LogP contribution in [0.5, 0.6) is 0 Å². The summed E-state index contributed by atoms with van der Waals surface area (Å²) >= 11 is 1.20. The molecule has 0 spiro atoms. The van der Waals surface area contributed by atoms with Gasteiger partial charge in [-0.25, -0.2) is 18.1 Å². The Morgan fingerprint density at radius 2 is 2.05 bits per heavy atom. The normalized spacial score (nSPS) is 12.0. The number of nitrogens with one attached hydrogen (secondary N) is 1. The van der Waals surface area contributed by atoms with Gasteiger partial charge in [-0.1, -0.05) is 23.5 Å². The zero-order valence-corrected chi connectivity index (χ0v) is 13.7. The monoisotopic (exact) mass is 340 g/mol. The molecule has 0 saturated heterocycles. The molecular formula is C13H13FN4O2S2. The maximum Gasteiger partial charge on any atom is 0.270 e. The van der Waals surface area contributed by atoms with E-state index >= 15 is 0 Å². The Hall–Kier alpha value is -2.00. The smallest absolute Gasteiger partial charge is 0.254 e. The molecule has 3 aromatic rings. The molecule has 0 bridgehead atoms. The molecule has 0 aliphatic heterocycles. The lowest BCUT2D eigenvalue weighted by Crippen LogP contribution is -2.15. The van der Waals surface area contributed by atoms with Gasteiger partial charge in [-0.15, -0.1) is 0 Å². The molecule has 9 heteroatoms. The summed E-state index contributed by atoms with van der Waals surface area (Å²) in [5.41, 5.74) is 1.78. The number of nitrogens with zero attached hydrogens (tertiary/aromatic N) is 3. The van der Waals surface area contributed by atoms with Crippen molar-refractivity contribution in [1.82, 2.24) is 14.8 Å². The summed E-state index contributed by atoms with van der Waals surface area (Å²) < 4.78 is 42.8. The number of halogens is 1. The van der Waals surface area contributed by atoms with Crippen molar-refractivity contribution in [3.05, 3.63) is 35.4 Å². The number of benzene rings is 1. The average Bonchev–Trinajstić information content (AvgIpc) is 2.91. The van der Waals surface area contributed by atoms with Crippen molar-refractivity contribution in [1.29, 1.82) is 0 Å². The SMILES string of the molecule is Cc1nn(C)c(F)c1S(=O)(=O)Nc1nc2c(C)cccc2s1. The number of aryl methyl sites for hydroxylation is 3. The van der Waals surface area contributed by atoms with E-state index in [0.29, 0.717) is 0 Å². The molecule has 22 heavy (non-hydrogen) atoms. The van der Waals surface area contributed by atoms with Crippen LogP contribution in [0, 0.1) is 19.8 Å². The van der Waals surface area contributed by atoms with Crippen molar-refractivity contribution in [2.24, 2.45) is 7.05 Å². The lowest BCUT2D eigenvalue weighted by Gasteiger charge is -2.03. The summed E-state index contributed by atoms with van der Waals surface area (Å²) in [5.74, 6) is -0.901. The molecule has 0 radical (unpaired) electrons. The van der Waals surface area contributed by atoms with Gasteiger partial charge in [0.25, 0.3) is 10.0 Å². The van der Waals surface area contributed by atoms with Crippen LogP contribution in [0.3, 0.4) is 0 Å². The lowest BCUT2D eigenvalue weighted by atomic mass is 10.2. The van der Waals surface area contributed by atoms with Gasteiger partial charge in [0.2, 0.25) is 5.95 Å². The van der Waals surface area contributed by atoms with Gasteiger partial charge in [0.15, 0.2) is 10.0 Å². The van der Waals surface area contributed by atoms with E-state index in [0.717, 1.165) is 20.5 Å². The van der Waals surface area contributed by atoms with Crippen molar-refractivity contribution in [3.63, 3.8) is 0 Å². The standard InChI is InChI=1S/C13H13FN4O2S2/c1-7-5-4-6-9-10(7)15-13(21-9)17-22(19,20)11-8(2)16-18(3)12(11)14/h4-6H,1-3H3,(H,15,17). The first kappa shape index (κ1) is 14.9. The van der Waals surface area contributed by atoms with Gasteiger partial charge in [-0.2, -0.15) is 9.49 Å². The van der Waals surface area contributed by atoms with Gasteiger partial charge in [0, 0.05) is 7.05 Å². The fraction of sp³-hybridized carbons (Fsp3) is 0.231. The topological polar surface area (TPSA) is 76.9 Å². The number of sulfonamides is 1. The highest BCUT2D eigenvalue weighted by molar-refractivity contribution is 7.93. The molecule has 0 fully saturated rings. The van der Waals surface area contributed by atoms with Crippen LogP contribution in [0.2, 0.25) is 0 Å². The third-order valence-corrected chi connectivity index (χ3v) is 5.74. The van der Waals surface area contributed by atoms with Gasteiger partial charge >= 0.3 is 0 Å². The predicted octanol–water partition coefficient (Wildman–Crippen LogP) is 2.59. The minimum Gasteiger partial charge on any atom is -0.254 e. The van der Waals surface area contributed by atoms with Gasteiger partial charge in [0.05, 0.1) is 15.9 Å². The summed E-state index contributed by atoms with van der Waals surface area (Å²) in [6.07, 6.45) is 0. The second-order valence-electron chi connectivity index (χ2n) is 4.88. The van der Waals surface area contributed by atoms with Crippen LogP contribution in [0.15, 0.2) is 23.1 Å². The number of rotatable bonds is 3. The van der Waals surface area contributed by atoms with Crippen molar-refractivity contribution < 1.29 is 12.8 Å². The molecule has 116 valence electrons. The highest BCUT2D eigenvalue weighted by Crippen LogP contribution is 2.30. The van der Waals surface area contributed by atoms with E-state index < -0.39 is 20.9 Å². The third kappa shape index (κ3) is 2.35. The van der Waals surface area contributed by atoms with E-state index in [9.17, 15) is 12.8 Å².